The minimum Gasteiger partial charge on any atom is -0.481 e. The van der Waals surface area contributed by atoms with Gasteiger partial charge in [0.25, 0.3) is 0 Å². The molecule has 1 rings (SSSR count). The number of hydrogen-bond donors (Lipinski definition) is 1. The molecule has 1 amide bonds. The number of amides is 1. The van der Waals surface area contributed by atoms with Crippen molar-refractivity contribution < 1.29 is 23.8 Å². The van der Waals surface area contributed by atoms with Crippen LogP contribution < -0.4 is 0 Å². The maximum atomic E-state index is 14.3. The van der Waals surface area contributed by atoms with Crippen molar-refractivity contribution in [1.82, 2.24) is 4.90 Å². The van der Waals surface area contributed by atoms with E-state index in [0.717, 1.165) is 0 Å². The van der Waals surface area contributed by atoms with Crippen LogP contribution in [0.25, 0.3) is 0 Å². The third-order valence-corrected chi connectivity index (χ3v) is 3.19. The topological polar surface area (TPSA) is 66.8 Å². The molecule has 1 aliphatic heterocycles. The third kappa shape index (κ3) is 2.57. The van der Waals surface area contributed by atoms with Gasteiger partial charge in [0.15, 0.2) is 5.67 Å². The van der Waals surface area contributed by atoms with Gasteiger partial charge in [-0.2, -0.15) is 0 Å². The first kappa shape index (κ1) is 14.7. The number of hydrogen-bond acceptors (Lipinski definition) is 3. The fraction of sp³-hybridized carbons (Fsp3) is 0.833. The lowest BCUT2D eigenvalue weighted by Crippen LogP contribution is -2.69. The zero-order chi connectivity index (χ0) is 14.4. The van der Waals surface area contributed by atoms with Gasteiger partial charge in [-0.05, 0) is 34.6 Å². The first-order chi connectivity index (χ1) is 7.89. The average Bonchev–Trinajstić information content (AvgIpc) is 2.09. The molecule has 0 saturated carbocycles. The summed E-state index contributed by atoms with van der Waals surface area (Å²) >= 11 is 0. The number of rotatable bonds is 2. The van der Waals surface area contributed by atoms with Crippen LogP contribution >= 0.6 is 0 Å². The Hall–Kier alpha value is -1.33. The van der Waals surface area contributed by atoms with Gasteiger partial charge in [-0.25, -0.2) is 9.18 Å². The van der Waals surface area contributed by atoms with Gasteiger partial charge >= 0.3 is 12.1 Å². The van der Waals surface area contributed by atoms with Gasteiger partial charge < -0.3 is 14.7 Å². The summed E-state index contributed by atoms with van der Waals surface area (Å²) in [6.07, 6.45) is -0.614. The van der Waals surface area contributed by atoms with Crippen LogP contribution in [0, 0.1) is 5.41 Å². The van der Waals surface area contributed by atoms with Crippen LogP contribution in [0.15, 0.2) is 0 Å². The van der Waals surface area contributed by atoms with Crippen LogP contribution in [0.2, 0.25) is 0 Å². The first-order valence-electron chi connectivity index (χ1n) is 5.79. The van der Waals surface area contributed by atoms with Crippen LogP contribution in [-0.2, 0) is 9.53 Å². The highest BCUT2D eigenvalue weighted by atomic mass is 19.1. The molecule has 0 spiro atoms. The number of carbonyl (C=O) groups is 2. The van der Waals surface area contributed by atoms with Gasteiger partial charge in [-0.1, -0.05) is 0 Å². The number of nitrogens with zero attached hydrogens (tertiary/aromatic N) is 1. The minimum atomic E-state index is -1.91. The standard InChI is InChI=1S/C12H20FNO4/c1-10(2,3)18-9(17)14-6-12(13,7-14)11(4,5)8(15)16/h6-7H2,1-5H3,(H,15,16). The number of likely N-dealkylation sites (tertiary alicyclic amines) is 1. The predicted molar refractivity (Wildman–Crippen MR) is 63.1 cm³/mol. The van der Waals surface area contributed by atoms with E-state index >= 15 is 0 Å². The summed E-state index contributed by atoms with van der Waals surface area (Å²) in [5.74, 6) is -1.21. The molecule has 5 nitrogen and oxygen atoms in total. The number of alkyl halides is 1. The van der Waals surface area contributed by atoms with E-state index in [1.54, 1.807) is 20.8 Å². The highest BCUT2D eigenvalue weighted by Crippen LogP contribution is 2.42. The maximum Gasteiger partial charge on any atom is 0.410 e. The molecule has 1 heterocycles. The van der Waals surface area contributed by atoms with Crippen LogP contribution in [0.3, 0.4) is 0 Å². The normalized spacial score (nSPS) is 19.1. The van der Waals surface area contributed by atoms with E-state index in [1.165, 1.54) is 18.7 Å². The number of carbonyl (C=O) groups excluding carboxylic acids is 1. The molecule has 1 N–H and O–H groups in total. The predicted octanol–water partition coefficient (Wildman–Crippen LogP) is 2.06. The smallest absolute Gasteiger partial charge is 0.410 e. The van der Waals surface area contributed by atoms with E-state index in [9.17, 15) is 14.0 Å². The molecular formula is C12H20FNO4. The van der Waals surface area contributed by atoms with Gasteiger partial charge in [0, 0.05) is 0 Å². The fourth-order valence-corrected chi connectivity index (χ4v) is 1.60. The molecule has 18 heavy (non-hydrogen) atoms. The monoisotopic (exact) mass is 261 g/mol. The zero-order valence-corrected chi connectivity index (χ0v) is 11.4. The van der Waals surface area contributed by atoms with Crippen molar-refractivity contribution in [3.8, 4) is 0 Å². The number of ether oxygens (including phenoxy) is 1. The summed E-state index contributed by atoms with van der Waals surface area (Å²) < 4.78 is 19.4. The quantitative estimate of drug-likeness (QED) is 0.826. The molecule has 1 saturated heterocycles. The maximum absolute atomic E-state index is 14.3. The lowest BCUT2D eigenvalue weighted by Gasteiger charge is -2.50. The molecule has 0 aliphatic carbocycles. The van der Waals surface area contributed by atoms with Gasteiger partial charge in [0.05, 0.1) is 18.5 Å². The SMILES string of the molecule is CC(C)(C)OC(=O)N1CC(F)(C(C)(C)C(=O)O)C1. The Morgan fingerprint density at radius 1 is 1.22 bits per heavy atom. The largest absolute Gasteiger partial charge is 0.481 e. The summed E-state index contributed by atoms with van der Waals surface area (Å²) in [4.78, 5) is 23.8. The summed E-state index contributed by atoms with van der Waals surface area (Å²) in [7, 11) is 0. The molecular weight excluding hydrogens is 241 g/mol. The van der Waals surface area contributed by atoms with Crippen LogP contribution in [0.5, 0.6) is 0 Å². The summed E-state index contributed by atoms with van der Waals surface area (Å²) in [5.41, 5.74) is -4.07. The van der Waals surface area contributed by atoms with E-state index in [4.69, 9.17) is 9.84 Å². The Bertz CT molecular complexity index is 367. The number of carboxylic acids is 1. The van der Waals surface area contributed by atoms with Gasteiger partial charge in [0.1, 0.15) is 5.60 Å². The van der Waals surface area contributed by atoms with Crippen molar-refractivity contribution in [2.75, 3.05) is 13.1 Å². The molecule has 0 aromatic rings. The summed E-state index contributed by atoms with van der Waals surface area (Å²) in [6, 6.07) is 0. The van der Waals surface area contributed by atoms with E-state index < -0.39 is 28.7 Å². The van der Waals surface area contributed by atoms with Crippen LogP contribution in [0.4, 0.5) is 9.18 Å². The lowest BCUT2D eigenvalue weighted by molar-refractivity contribution is -0.170. The molecule has 0 bridgehead atoms. The summed E-state index contributed by atoms with van der Waals surface area (Å²) in [5, 5.41) is 8.98. The highest BCUT2D eigenvalue weighted by molar-refractivity contribution is 5.77. The van der Waals surface area contributed by atoms with E-state index in [0.29, 0.717) is 0 Å². The molecule has 0 atom stereocenters. The second-order valence-corrected chi connectivity index (χ2v) is 6.23. The fourth-order valence-electron chi connectivity index (χ4n) is 1.60. The summed E-state index contributed by atoms with van der Waals surface area (Å²) in [6.45, 7) is 7.30. The lowest BCUT2D eigenvalue weighted by atomic mass is 9.71. The number of carboxylic acid groups (broad SMARTS) is 1. The molecule has 1 fully saturated rings. The first-order valence-corrected chi connectivity index (χ1v) is 5.79. The molecule has 0 radical (unpaired) electrons. The third-order valence-electron chi connectivity index (χ3n) is 3.19. The number of aliphatic carboxylic acids is 1. The van der Waals surface area contributed by atoms with Crippen molar-refractivity contribution in [3.05, 3.63) is 0 Å². The Balaban J connectivity index is 2.63. The Kier molecular flexibility index (Phi) is 3.36. The number of halogens is 1. The Labute approximate surface area is 106 Å². The van der Waals surface area contributed by atoms with Crippen LogP contribution in [-0.4, -0.2) is 46.4 Å². The molecule has 104 valence electrons. The van der Waals surface area contributed by atoms with E-state index in [-0.39, 0.29) is 13.1 Å². The van der Waals surface area contributed by atoms with Gasteiger partial charge in [0.2, 0.25) is 0 Å². The van der Waals surface area contributed by atoms with Crippen molar-refractivity contribution in [2.45, 2.75) is 45.9 Å². The minimum absolute atomic E-state index is 0.249. The second kappa shape index (κ2) is 4.10. The Morgan fingerprint density at radius 3 is 2.00 bits per heavy atom. The van der Waals surface area contributed by atoms with Gasteiger partial charge in [-0.15, -0.1) is 0 Å². The molecule has 0 aromatic heterocycles. The van der Waals surface area contributed by atoms with Crippen molar-refractivity contribution in [1.29, 1.82) is 0 Å². The van der Waals surface area contributed by atoms with Crippen LogP contribution in [0.1, 0.15) is 34.6 Å². The average molecular weight is 261 g/mol. The second-order valence-electron chi connectivity index (χ2n) is 6.23. The zero-order valence-electron chi connectivity index (χ0n) is 11.4. The molecule has 1 aliphatic rings. The van der Waals surface area contributed by atoms with Crippen molar-refractivity contribution in [3.63, 3.8) is 0 Å². The molecule has 6 heteroatoms. The van der Waals surface area contributed by atoms with E-state index in [1.807, 2.05) is 0 Å². The molecule has 0 aromatic carbocycles. The molecule has 0 unspecified atom stereocenters. The van der Waals surface area contributed by atoms with Crippen molar-refractivity contribution >= 4 is 12.1 Å². The van der Waals surface area contributed by atoms with E-state index in [2.05, 4.69) is 0 Å². The Morgan fingerprint density at radius 2 is 1.67 bits per heavy atom. The van der Waals surface area contributed by atoms with Crippen molar-refractivity contribution in [2.24, 2.45) is 5.41 Å². The van der Waals surface area contributed by atoms with Gasteiger partial charge in [-0.3, -0.25) is 4.79 Å². The highest BCUT2D eigenvalue weighted by Gasteiger charge is 2.60.